The molecule has 0 fully saturated rings. The van der Waals surface area contributed by atoms with Crippen LogP contribution in [0.3, 0.4) is 0 Å². The molecule has 0 saturated heterocycles. The zero-order valence-corrected chi connectivity index (χ0v) is 7.70. The van der Waals surface area contributed by atoms with Gasteiger partial charge in [0.2, 0.25) is 0 Å². The zero-order chi connectivity index (χ0) is 9.84. The van der Waals surface area contributed by atoms with E-state index < -0.39 is 0 Å². The van der Waals surface area contributed by atoms with Gasteiger partial charge in [-0.2, -0.15) is 0 Å². The number of phenols is 2. The minimum absolute atomic E-state index is 0.118. The lowest BCUT2D eigenvalue weighted by molar-refractivity contribution is 0.447. The third-order valence-corrected chi connectivity index (χ3v) is 2.23. The van der Waals surface area contributed by atoms with Gasteiger partial charge in [-0.3, -0.25) is 0 Å². The highest BCUT2D eigenvalue weighted by Gasteiger charge is 2.12. The Morgan fingerprint density at radius 3 is 2.62 bits per heavy atom. The SMILES string of the molecule is CCC(CN)c1cc(O)ccc1O. The van der Waals surface area contributed by atoms with E-state index >= 15 is 0 Å². The van der Waals surface area contributed by atoms with Crippen LogP contribution in [0.25, 0.3) is 0 Å². The highest BCUT2D eigenvalue weighted by Crippen LogP contribution is 2.30. The van der Waals surface area contributed by atoms with Gasteiger partial charge in [-0.15, -0.1) is 0 Å². The van der Waals surface area contributed by atoms with Crippen molar-refractivity contribution >= 4 is 0 Å². The molecule has 13 heavy (non-hydrogen) atoms. The number of rotatable bonds is 3. The van der Waals surface area contributed by atoms with Crippen molar-refractivity contribution in [3.8, 4) is 11.5 Å². The first-order valence-electron chi connectivity index (χ1n) is 4.41. The molecule has 0 radical (unpaired) electrons. The Morgan fingerprint density at radius 2 is 2.08 bits per heavy atom. The van der Waals surface area contributed by atoms with Crippen LogP contribution in [-0.4, -0.2) is 16.8 Å². The molecule has 0 bridgehead atoms. The molecule has 0 aliphatic rings. The number of benzene rings is 1. The molecule has 0 heterocycles. The second-order valence-corrected chi connectivity index (χ2v) is 3.08. The largest absolute Gasteiger partial charge is 0.508 e. The van der Waals surface area contributed by atoms with Crippen molar-refractivity contribution in [2.24, 2.45) is 5.73 Å². The third kappa shape index (κ3) is 2.12. The predicted molar refractivity (Wildman–Crippen MR) is 51.9 cm³/mol. The highest BCUT2D eigenvalue weighted by atomic mass is 16.3. The van der Waals surface area contributed by atoms with E-state index in [-0.39, 0.29) is 17.4 Å². The van der Waals surface area contributed by atoms with Gasteiger partial charge in [0.25, 0.3) is 0 Å². The van der Waals surface area contributed by atoms with Gasteiger partial charge in [0.05, 0.1) is 0 Å². The van der Waals surface area contributed by atoms with Crippen LogP contribution in [0.4, 0.5) is 0 Å². The van der Waals surface area contributed by atoms with E-state index in [0.717, 1.165) is 12.0 Å². The number of aromatic hydroxyl groups is 2. The predicted octanol–water partition coefficient (Wildman–Crippen LogP) is 1.55. The monoisotopic (exact) mass is 181 g/mol. The van der Waals surface area contributed by atoms with Crippen LogP contribution >= 0.6 is 0 Å². The molecular formula is C10H15NO2. The van der Waals surface area contributed by atoms with Crippen molar-refractivity contribution in [1.29, 1.82) is 0 Å². The molecule has 1 unspecified atom stereocenters. The Bertz CT molecular complexity index is 282. The van der Waals surface area contributed by atoms with E-state index in [1.165, 1.54) is 12.1 Å². The molecule has 1 aromatic rings. The zero-order valence-electron chi connectivity index (χ0n) is 7.70. The molecule has 0 aromatic heterocycles. The van der Waals surface area contributed by atoms with E-state index in [2.05, 4.69) is 0 Å². The summed E-state index contributed by atoms with van der Waals surface area (Å²) in [6.07, 6.45) is 0.855. The first-order chi connectivity index (χ1) is 6.19. The van der Waals surface area contributed by atoms with Gasteiger partial charge in [-0.1, -0.05) is 6.92 Å². The summed E-state index contributed by atoms with van der Waals surface area (Å²) in [5.74, 6) is 0.488. The summed E-state index contributed by atoms with van der Waals surface area (Å²) >= 11 is 0. The summed E-state index contributed by atoms with van der Waals surface area (Å²) in [6.45, 7) is 2.48. The Labute approximate surface area is 77.8 Å². The Balaban J connectivity index is 3.03. The average Bonchev–Trinajstić information content (AvgIpc) is 2.13. The van der Waals surface area contributed by atoms with Crippen LogP contribution in [-0.2, 0) is 0 Å². The average molecular weight is 181 g/mol. The second kappa shape index (κ2) is 4.14. The van der Waals surface area contributed by atoms with Gasteiger partial charge in [0.1, 0.15) is 11.5 Å². The maximum Gasteiger partial charge on any atom is 0.119 e. The number of phenolic OH excluding ortho intramolecular Hbond substituents is 2. The molecule has 0 spiro atoms. The number of nitrogens with two attached hydrogens (primary N) is 1. The summed E-state index contributed by atoms with van der Waals surface area (Å²) in [7, 11) is 0. The number of hydrogen-bond donors (Lipinski definition) is 3. The van der Waals surface area contributed by atoms with E-state index in [1.807, 2.05) is 6.92 Å². The van der Waals surface area contributed by atoms with Crippen molar-refractivity contribution in [1.82, 2.24) is 0 Å². The van der Waals surface area contributed by atoms with Crippen LogP contribution < -0.4 is 5.73 Å². The quantitative estimate of drug-likeness (QED) is 0.620. The third-order valence-electron chi connectivity index (χ3n) is 2.23. The topological polar surface area (TPSA) is 66.5 Å². The summed E-state index contributed by atoms with van der Waals surface area (Å²) < 4.78 is 0. The lowest BCUT2D eigenvalue weighted by atomic mass is 9.95. The minimum Gasteiger partial charge on any atom is -0.508 e. The fourth-order valence-corrected chi connectivity index (χ4v) is 1.38. The van der Waals surface area contributed by atoms with Crippen molar-refractivity contribution < 1.29 is 10.2 Å². The maximum atomic E-state index is 9.50. The molecule has 1 atom stereocenters. The molecule has 3 nitrogen and oxygen atoms in total. The molecule has 3 heteroatoms. The van der Waals surface area contributed by atoms with E-state index in [0.29, 0.717) is 6.54 Å². The molecule has 1 aromatic carbocycles. The molecular weight excluding hydrogens is 166 g/mol. The van der Waals surface area contributed by atoms with Gasteiger partial charge >= 0.3 is 0 Å². The van der Waals surface area contributed by atoms with Crippen LogP contribution in [0, 0.1) is 0 Å². The molecule has 1 rings (SSSR count). The Morgan fingerprint density at radius 1 is 1.38 bits per heavy atom. The number of hydrogen-bond acceptors (Lipinski definition) is 3. The molecule has 0 aliphatic carbocycles. The normalized spacial score (nSPS) is 12.8. The molecule has 72 valence electrons. The fraction of sp³-hybridized carbons (Fsp3) is 0.400. The van der Waals surface area contributed by atoms with Crippen molar-refractivity contribution in [2.75, 3.05) is 6.54 Å². The van der Waals surface area contributed by atoms with Gasteiger partial charge in [-0.25, -0.2) is 0 Å². The fourth-order valence-electron chi connectivity index (χ4n) is 1.38. The van der Waals surface area contributed by atoms with Gasteiger partial charge in [0.15, 0.2) is 0 Å². The van der Waals surface area contributed by atoms with Crippen LogP contribution in [0.5, 0.6) is 11.5 Å². The first kappa shape index (κ1) is 9.86. The minimum atomic E-state index is 0.118. The van der Waals surface area contributed by atoms with Crippen molar-refractivity contribution in [3.63, 3.8) is 0 Å². The maximum absolute atomic E-state index is 9.50. The van der Waals surface area contributed by atoms with Crippen molar-refractivity contribution in [2.45, 2.75) is 19.3 Å². The molecule has 0 aliphatic heterocycles. The highest BCUT2D eigenvalue weighted by molar-refractivity contribution is 5.41. The molecule has 0 amide bonds. The Hall–Kier alpha value is -1.22. The van der Waals surface area contributed by atoms with E-state index in [1.54, 1.807) is 6.07 Å². The molecule has 0 saturated carbocycles. The lowest BCUT2D eigenvalue weighted by Crippen LogP contribution is -2.11. The molecule has 4 N–H and O–H groups in total. The summed E-state index contributed by atoms with van der Waals surface area (Å²) in [5, 5.41) is 18.7. The second-order valence-electron chi connectivity index (χ2n) is 3.08. The van der Waals surface area contributed by atoms with Crippen LogP contribution in [0.1, 0.15) is 24.8 Å². The smallest absolute Gasteiger partial charge is 0.119 e. The lowest BCUT2D eigenvalue weighted by Gasteiger charge is -2.14. The Kier molecular flexibility index (Phi) is 3.14. The van der Waals surface area contributed by atoms with Gasteiger partial charge in [0, 0.05) is 5.56 Å². The van der Waals surface area contributed by atoms with E-state index in [9.17, 15) is 10.2 Å². The van der Waals surface area contributed by atoms with Gasteiger partial charge in [-0.05, 0) is 37.1 Å². The van der Waals surface area contributed by atoms with Crippen molar-refractivity contribution in [3.05, 3.63) is 23.8 Å². The first-order valence-corrected chi connectivity index (χ1v) is 4.41. The standard InChI is InChI=1S/C10H15NO2/c1-2-7(6-11)9-5-8(12)3-4-10(9)13/h3-5,7,12-13H,2,6,11H2,1H3. The van der Waals surface area contributed by atoms with Crippen LogP contribution in [0.2, 0.25) is 0 Å². The van der Waals surface area contributed by atoms with Crippen LogP contribution in [0.15, 0.2) is 18.2 Å². The summed E-state index contributed by atoms with van der Waals surface area (Å²) in [4.78, 5) is 0. The van der Waals surface area contributed by atoms with E-state index in [4.69, 9.17) is 5.73 Å². The summed E-state index contributed by atoms with van der Waals surface area (Å²) in [5.41, 5.74) is 6.27. The van der Waals surface area contributed by atoms with Gasteiger partial charge < -0.3 is 15.9 Å². The summed E-state index contributed by atoms with van der Waals surface area (Å²) in [6, 6.07) is 4.52.